The second kappa shape index (κ2) is 7.34. The quantitative estimate of drug-likeness (QED) is 0.599. The second-order valence-corrected chi connectivity index (χ2v) is 6.93. The van der Waals surface area contributed by atoms with Crippen LogP contribution in [0.4, 0.5) is 0 Å². The first-order chi connectivity index (χ1) is 12.8. The molecule has 0 fully saturated rings. The summed E-state index contributed by atoms with van der Waals surface area (Å²) in [6.07, 6.45) is 0.903. The number of aromatic nitrogens is 3. The third-order valence-electron chi connectivity index (χ3n) is 5.00. The van der Waals surface area contributed by atoms with Gasteiger partial charge in [-0.2, -0.15) is 5.10 Å². The Bertz CT molecular complexity index is 1040. The number of nitrogens with zero attached hydrogens (tertiary/aromatic N) is 3. The zero-order valence-corrected chi connectivity index (χ0v) is 16.2. The summed E-state index contributed by atoms with van der Waals surface area (Å²) in [5.41, 5.74) is 4.19. The Morgan fingerprint density at radius 1 is 1.22 bits per heavy atom. The van der Waals surface area contributed by atoms with Crippen LogP contribution in [0.1, 0.15) is 33.9 Å². The van der Waals surface area contributed by atoms with Crippen molar-refractivity contribution in [3.05, 3.63) is 39.8 Å². The number of aliphatic hydroxyl groups excluding tert-OH is 2. The molecule has 3 aromatic rings. The number of benzene rings is 1. The maximum atomic E-state index is 11.9. The zero-order chi connectivity index (χ0) is 19.9. The lowest BCUT2D eigenvalue weighted by Gasteiger charge is -2.11. The highest BCUT2D eigenvalue weighted by molar-refractivity contribution is 6.35. The van der Waals surface area contributed by atoms with E-state index in [9.17, 15) is 20.1 Å². The predicted octanol–water partition coefficient (Wildman–Crippen LogP) is 2.66. The molecule has 27 heavy (non-hydrogen) atoms. The fraction of sp³-hybridized carbons (Fsp3) is 0.368. The summed E-state index contributed by atoms with van der Waals surface area (Å²) in [6.45, 7) is 1.61. The summed E-state index contributed by atoms with van der Waals surface area (Å²) in [7, 11) is 3.48. The molecule has 1 aromatic carbocycles. The average Bonchev–Trinajstić information content (AvgIpc) is 3.07. The maximum Gasteiger partial charge on any atom is 0.352 e. The van der Waals surface area contributed by atoms with Gasteiger partial charge in [0.05, 0.1) is 22.8 Å². The normalized spacial score (nSPS) is 11.5. The van der Waals surface area contributed by atoms with Gasteiger partial charge in [0.25, 0.3) is 0 Å². The number of halogens is 1. The molecule has 0 radical (unpaired) electrons. The number of carbonyl (C=O) groups is 1. The van der Waals surface area contributed by atoms with Gasteiger partial charge in [0, 0.05) is 42.9 Å². The van der Waals surface area contributed by atoms with Crippen LogP contribution in [0.15, 0.2) is 12.1 Å². The summed E-state index contributed by atoms with van der Waals surface area (Å²) >= 11 is 6.55. The molecule has 0 bridgehead atoms. The number of rotatable bonds is 6. The molecule has 2 aromatic heterocycles. The van der Waals surface area contributed by atoms with E-state index in [0.717, 1.165) is 11.1 Å². The fourth-order valence-corrected chi connectivity index (χ4v) is 3.98. The lowest BCUT2D eigenvalue weighted by molar-refractivity contribution is 0.0685. The lowest BCUT2D eigenvalue weighted by Crippen LogP contribution is -2.08. The molecule has 144 valence electrons. The van der Waals surface area contributed by atoms with E-state index < -0.39 is 5.97 Å². The van der Waals surface area contributed by atoms with E-state index in [4.69, 9.17) is 11.6 Å². The smallest absolute Gasteiger partial charge is 0.352 e. The maximum absolute atomic E-state index is 11.9. The van der Waals surface area contributed by atoms with Crippen molar-refractivity contribution in [2.75, 3.05) is 6.61 Å². The van der Waals surface area contributed by atoms with E-state index in [2.05, 4.69) is 5.10 Å². The summed E-state index contributed by atoms with van der Waals surface area (Å²) in [5, 5.41) is 34.3. The number of aromatic carboxylic acids is 1. The van der Waals surface area contributed by atoms with Gasteiger partial charge in [0.1, 0.15) is 5.69 Å². The largest absolute Gasteiger partial charge is 0.477 e. The highest BCUT2D eigenvalue weighted by Gasteiger charge is 2.26. The molecule has 0 aliphatic heterocycles. The Labute approximate surface area is 161 Å². The van der Waals surface area contributed by atoms with Gasteiger partial charge >= 0.3 is 5.97 Å². The molecule has 0 saturated heterocycles. The molecule has 3 rings (SSSR count). The van der Waals surface area contributed by atoms with Crippen LogP contribution in [-0.4, -0.2) is 42.2 Å². The van der Waals surface area contributed by atoms with E-state index in [1.807, 2.05) is 13.0 Å². The molecule has 0 atom stereocenters. The molecule has 0 spiro atoms. The van der Waals surface area contributed by atoms with Crippen molar-refractivity contribution in [1.29, 1.82) is 0 Å². The van der Waals surface area contributed by atoms with Gasteiger partial charge in [-0.25, -0.2) is 4.79 Å². The highest BCUT2D eigenvalue weighted by Crippen LogP contribution is 2.41. The topological polar surface area (TPSA) is 101 Å². The van der Waals surface area contributed by atoms with Gasteiger partial charge in [-0.05, 0) is 31.4 Å². The number of fused-ring (bicyclic) bond motifs is 1. The molecular weight excluding hydrogens is 370 g/mol. The van der Waals surface area contributed by atoms with Gasteiger partial charge in [0.2, 0.25) is 0 Å². The molecule has 0 unspecified atom stereocenters. The zero-order valence-electron chi connectivity index (χ0n) is 15.5. The standard InChI is InChI=1S/C19H22ClN3O4/c1-10-15(14(9-25)21-23(10)3)16-13(20)7-6-12-11(5-4-8-24)18(19(26)27)22(2)17(12)16/h6-7,24-25H,4-5,8-9H2,1-3H3,(H,26,27). The summed E-state index contributed by atoms with van der Waals surface area (Å²) in [5.74, 6) is -1.03. The highest BCUT2D eigenvalue weighted by atomic mass is 35.5. The monoisotopic (exact) mass is 391 g/mol. The second-order valence-electron chi connectivity index (χ2n) is 6.53. The predicted molar refractivity (Wildman–Crippen MR) is 103 cm³/mol. The molecule has 7 nitrogen and oxygen atoms in total. The van der Waals surface area contributed by atoms with Gasteiger partial charge in [-0.3, -0.25) is 4.68 Å². The molecule has 0 aliphatic rings. The molecule has 2 heterocycles. The van der Waals surface area contributed by atoms with E-state index in [0.29, 0.717) is 45.8 Å². The SMILES string of the molecule is Cc1c(-c2c(Cl)ccc3c(CCCO)c(C(=O)O)n(C)c23)c(CO)nn1C. The number of aliphatic hydroxyl groups is 2. The van der Waals surface area contributed by atoms with Crippen molar-refractivity contribution >= 4 is 28.5 Å². The van der Waals surface area contributed by atoms with Crippen LogP contribution >= 0.6 is 11.6 Å². The van der Waals surface area contributed by atoms with Gasteiger partial charge < -0.3 is 19.9 Å². The summed E-state index contributed by atoms with van der Waals surface area (Å²) in [4.78, 5) is 11.9. The summed E-state index contributed by atoms with van der Waals surface area (Å²) in [6, 6.07) is 3.55. The van der Waals surface area contributed by atoms with Crippen LogP contribution in [0.2, 0.25) is 5.02 Å². The van der Waals surface area contributed by atoms with Crippen LogP contribution in [0, 0.1) is 6.92 Å². The first-order valence-electron chi connectivity index (χ1n) is 8.61. The van der Waals surface area contributed by atoms with Crippen LogP contribution < -0.4 is 0 Å². The third-order valence-corrected chi connectivity index (χ3v) is 5.32. The van der Waals surface area contributed by atoms with Crippen LogP contribution in [-0.2, 0) is 27.1 Å². The van der Waals surface area contributed by atoms with Crippen LogP contribution in [0.5, 0.6) is 0 Å². The van der Waals surface area contributed by atoms with Crippen LogP contribution in [0.25, 0.3) is 22.0 Å². The van der Waals surface area contributed by atoms with E-state index in [1.165, 1.54) is 0 Å². The number of hydrogen-bond acceptors (Lipinski definition) is 4. The molecule has 0 saturated carbocycles. The Morgan fingerprint density at radius 3 is 2.52 bits per heavy atom. The Kier molecular flexibility index (Phi) is 5.28. The van der Waals surface area contributed by atoms with Gasteiger partial charge in [-0.15, -0.1) is 0 Å². The first-order valence-corrected chi connectivity index (χ1v) is 8.98. The lowest BCUT2D eigenvalue weighted by atomic mass is 9.98. The Morgan fingerprint density at radius 2 is 1.93 bits per heavy atom. The molecule has 8 heteroatoms. The first kappa shape index (κ1) is 19.4. The Balaban J connectivity index is 2.45. The van der Waals surface area contributed by atoms with Crippen molar-refractivity contribution in [2.45, 2.75) is 26.4 Å². The van der Waals surface area contributed by atoms with Gasteiger partial charge in [-0.1, -0.05) is 17.7 Å². The molecule has 0 amide bonds. The van der Waals surface area contributed by atoms with Crippen molar-refractivity contribution in [2.24, 2.45) is 14.1 Å². The molecule has 3 N–H and O–H groups in total. The van der Waals surface area contributed by atoms with E-state index in [-0.39, 0.29) is 18.9 Å². The third kappa shape index (κ3) is 3.01. The van der Waals surface area contributed by atoms with Gasteiger partial charge in [0.15, 0.2) is 0 Å². The number of carboxylic acids is 1. The van der Waals surface area contributed by atoms with Crippen LogP contribution in [0.3, 0.4) is 0 Å². The van der Waals surface area contributed by atoms with E-state index >= 15 is 0 Å². The number of aryl methyl sites for hydroxylation is 3. The fourth-order valence-electron chi connectivity index (χ4n) is 3.73. The van der Waals surface area contributed by atoms with Crippen molar-refractivity contribution in [1.82, 2.24) is 14.3 Å². The van der Waals surface area contributed by atoms with Crippen molar-refractivity contribution in [3.8, 4) is 11.1 Å². The Hall–Kier alpha value is -2.35. The van der Waals surface area contributed by atoms with Crippen molar-refractivity contribution in [3.63, 3.8) is 0 Å². The minimum Gasteiger partial charge on any atom is -0.477 e. The average molecular weight is 392 g/mol. The number of hydrogen-bond donors (Lipinski definition) is 3. The molecular formula is C19H22ClN3O4. The minimum atomic E-state index is -1.03. The minimum absolute atomic E-state index is 0.0216. The summed E-state index contributed by atoms with van der Waals surface area (Å²) < 4.78 is 3.29. The van der Waals surface area contributed by atoms with E-state index in [1.54, 1.807) is 29.4 Å². The van der Waals surface area contributed by atoms with Crippen molar-refractivity contribution < 1.29 is 20.1 Å². The number of carboxylic acid groups (broad SMARTS) is 1. The molecule has 0 aliphatic carbocycles.